The predicted octanol–water partition coefficient (Wildman–Crippen LogP) is 6.52. The number of anilines is 2. The van der Waals surface area contributed by atoms with Crippen molar-refractivity contribution in [2.45, 2.75) is 0 Å². The van der Waals surface area contributed by atoms with E-state index >= 15 is 8.78 Å². The lowest BCUT2D eigenvalue weighted by Crippen LogP contribution is -1.99. The minimum Gasteiger partial charge on any atom is -0.493 e. The number of ether oxygens (including phenoxy) is 3. The summed E-state index contributed by atoms with van der Waals surface area (Å²) in [7, 11) is 3.02. The summed E-state index contributed by atoms with van der Waals surface area (Å²) in [4.78, 5) is 4.29. The average Bonchev–Trinajstić information content (AvgIpc) is 2.91. The number of nitrogens with one attached hydrogen (secondary N) is 1. The Labute approximate surface area is 205 Å². The van der Waals surface area contributed by atoms with E-state index in [4.69, 9.17) is 14.2 Å². The zero-order valence-corrected chi connectivity index (χ0v) is 19.3. The first-order valence-electron chi connectivity index (χ1n) is 10.9. The van der Waals surface area contributed by atoms with Gasteiger partial charge in [-0.3, -0.25) is 4.98 Å². The molecule has 0 spiro atoms. The molecule has 0 fully saturated rings. The van der Waals surface area contributed by atoms with E-state index in [1.807, 2.05) is 30.3 Å². The fourth-order valence-corrected chi connectivity index (χ4v) is 3.67. The van der Waals surface area contributed by atoms with Crippen LogP contribution in [-0.4, -0.2) is 29.4 Å². The molecular weight excluding hydrogens is 466 g/mol. The van der Waals surface area contributed by atoms with Crippen molar-refractivity contribution >= 4 is 22.4 Å². The van der Waals surface area contributed by atoms with Crippen LogP contribution in [0.4, 0.5) is 20.3 Å². The molecule has 0 saturated carbocycles. The van der Waals surface area contributed by atoms with Gasteiger partial charge in [0.05, 0.1) is 25.4 Å². The highest BCUT2D eigenvalue weighted by Gasteiger charge is 2.17. The Morgan fingerprint density at radius 2 is 1.50 bits per heavy atom. The highest BCUT2D eigenvalue weighted by atomic mass is 19.1. The zero-order chi connectivity index (χ0) is 25.1. The van der Waals surface area contributed by atoms with E-state index in [9.17, 15) is 0 Å². The minimum absolute atomic E-state index is 0.0374. The zero-order valence-electron chi connectivity index (χ0n) is 19.3. The van der Waals surface area contributed by atoms with Gasteiger partial charge in [0.15, 0.2) is 28.9 Å². The summed E-state index contributed by atoms with van der Waals surface area (Å²) >= 11 is 0. The van der Waals surface area contributed by atoms with E-state index in [1.54, 1.807) is 30.3 Å². The van der Waals surface area contributed by atoms with Gasteiger partial charge in [-0.1, -0.05) is 18.2 Å². The molecule has 0 amide bonds. The maximum absolute atomic E-state index is 15.0. The number of aromatic nitrogens is 3. The van der Waals surface area contributed by atoms with Gasteiger partial charge >= 0.3 is 0 Å². The average molecular weight is 486 g/mol. The number of pyridine rings is 1. The standard InChI is InChI=1S/C27H20F2N4O3/c1-34-25-13-18-22(15-26(25)35-2)30-11-10-23(18)36-24-14-19(28)17(12-20(24)29)21-8-9-27(33-32-21)31-16-6-4-3-5-7-16/h3-15H,1-2H3,(H,31,33). The summed E-state index contributed by atoms with van der Waals surface area (Å²) in [6.45, 7) is 0. The van der Waals surface area contributed by atoms with Crippen molar-refractivity contribution in [3.8, 4) is 34.3 Å². The molecule has 180 valence electrons. The number of hydrogen-bond acceptors (Lipinski definition) is 7. The van der Waals surface area contributed by atoms with Gasteiger partial charge in [0.2, 0.25) is 0 Å². The number of rotatable bonds is 7. The van der Waals surface area contributed by atoms with Crippen molar-refractivity contribution in [2.75, 3.05) is 19.5 Å². The largest absolute Gasteiger partial charge is 0.493 e. The van der Waals surface area contributed by atoms with Crippen LogP contribution in [0.25, 0.3) is 22.2 Å². The first-order chi connectivity index (χ1) is 17.6. The fraction of sp³-hybridized carbons (Fsp3) is 0.0741. The lowest BCUT2D eigenvalue weighted by atomic mass is 10.1. The normalized spacial score (nSPS) is 10.8. The molecule has 0 aliphatic heterocycles. The molecule has 0 saturated heterocycles. The Bertz CT molecular complexity index is 1530. The van der Waals surface area contributed by atoms with Crippen molar-refractivity contribution in [3.05, 3.63) is 90.6 Å². The molecule has 2 heterocycles. The molecule has 2 aromatic heterocycles. The van der Waals surface area contributed by atoms with Crippen LogP contribution in [-0.2, 0) is 0 Å². The van der Waals surface area contributed by atoms with Gasteiger partial charge in [-0.25, -0.2) is 8.78 Å². The topological polar surface area (TPSA) is 78.4 Å². The Kier molecular flexibility index (Phi) is 6.27. The maximum atomic E-state index is 15.0. The van der Waals surface area contributed by atoms with E-state index in [1.165, 1.54) is 20.4 Å². The summed E-state index contributed by atoms with van der Waals surface area (Å²) in [5.41, 5.74) is 1.52. The molecule has 36 heavy (non-hydrogen) atoms. The Morgan fingerprint density at radius 3 is 2.22 bits per heavy atom. The first kappa shape index (κ1) is 23.0. The van der Waals surface area contributed by atoms with Crippen LogP contribution in [0.3, 0.4) is 0 Å². The van der Waals surface area contributed by atoms with Crippen LogP contribution in [0.5, 0.6) is 23.0 Å². The van der Waals surface area contributed by atoms with Crippen molar-refractivity contribution in [3.63, 3.8) is 0 Å². The molecule has 0 atom stereocenters. The molecular formula is C27H20F2N4O3. The molecule has 7 nitrogen and oxygen atoms in total. The Hall–Kier alpha value is -4.79. The van der Waals surface area contributed by atoms with Crippen LogP contribution in [0, 0.1) is 11.6 Å². The second-order valence-corrected chi connectivity index (χ2v) is 7.69. The van der Waals surface area contributed by atoms with Gasteiger partial charge in [0.1, 0.15) is 11.6 Å². The number of fused-ring (bicyclic) bond motifs is 1. The third-order valence-corrected chi connectivity index (χ3v) is 5.44. The molecule has 0 unspecified atom stereocenters. The Balaban J connectivity index is 1.43. The molecule has 3 aromatic carbocycles. The quantitative estimate of drug-likeness (QED) is 0.280. The van der Waals surface area contributed by atoms with Crippen molar-refractivity contribution in [1.82, 2.24) is 15.2 Å². The van der Waals surface area contributed by atoms with Crippen LogP contribution in [0.15, 0.2) is 79.0 Å². The number of halogens is 2. The van der Waals surface area contributed by atoms with Crippen LogP contribution < -0.4 is 19.5 Å². The van der Waals surface area contributed by atoms with Crippen LogP contribution in [0.2, 0.25) is 0 Å². The Morgan fingerprint density at radius 1 is 0.722 bits per heavy atom. The summed E-state index contributed by atoms with van der Waals surface area (Å²) in [6.07, 6.45) is 1.51. The van der Waals surface area contributed by atoms with E-state index in [2.05, 4.69) is 20.5 Å². The number of hydrogen-bond donors (Lipinski definition) is 1. The van der Waals surface area contributed by atoms with Gasteiger partial charge in [0, 0.05) is 35.0 Å². The third kappa shape index (κ3) is 4.58. The van der Waals surface area contributed by atoms with E-state index < -0.39 is 11.6 Å². The summed E-state index contributed by atoms with van der Waals surface area (Å²) in [5.74, 6) is -0.0532. The van der Waals surface area contributed by atoms with Gasteiger partial charge < -0.3 is 19.5 Å². The predicted molar refractivity (Wildman–Crippen MR) is 132 cm³/mol. The van der Waals surface area contributed by atoms with Gasteiger partial charge in [-0.15, -0.1) is 10.2 Å². The van der Waals surface area contributed by atoms with Crippen LogP contribution >= 0.6 is 0 Å². The van der Waals surface area contributed by atoms with Crippen molar-refractivity contribution in [2.24, 2.45) is 0 Å². The van der Waals surface area contributed by atoms with Crippen molar-refractivity contribution < 1.29 is 23.0 Å². The third-order valence-electron chi connectivity index (χ3n) is 5.44. The monoisotopic (exact) mass is 486 g/mol. The second-order valence-electron chi connectivity index (χ2n) is 7.69. The summed E-state index contributed by atoms with van der Waals surface area (Å²) in [5, 5.41) is 11.7. The van der Waals surface area contributed by atoms with Crippen LogP contribution in [0.1, 0.15) is 0 Å². The molecule has 1 N–H and O–H groups in total. The first-order valence-corrected chi connectivity index (χ1v) is 10.9. The van der Waals surface area contributed by atoms with E-state index in [-0.39, 0.29) is 22.8 Å². The SMILES string of the molecule is COc1cc2nccc(Oc3cc(F)c(-c4ccc(Nc5ccccc5)nn4)cc3F)c2cc1OC. The number of nitrogens with zero attached hydrogens (tertiary/aromatic N) is 3. The van der Waals surface area contributed by atoms with Gasteiger partial charge in [-0.05, 0) is 42.5 Å². The van der Waals surface area contributed by atoms with E-state index in [0.717, 1.165) is 17.8 Å². The van der Waals surface area contributed by atoms with E-state index in [0.29, 0.717) is 28.2 Å². The highest BCUT2D eigenvalue weighted by molar-refractivity contribution is 5.88. The number of para-hydroxylation sites is 1. The van der Waals surface area contributed by atoms with Gasteiger partial charge in [-0.2, -0.15) is 0 Å². The molecule has 0 aliphatic rings. The van der Waals surface area contributed by atoms with Gasteiger partial charge in [0.25, 0.3) is 0 Å². The summed E-state index contributed by atoms with van der Waals surface area (Å²) in [6, 6.07) is 19.5. The molecule has 9 heteroatoms. The lowest BCUT2D eigenvalue weighted by molar-refractivity contribution is 0.355. The lowest BCUT2D eigenvalue weighted by Gasteiger charge is -2.13. The molecule has 0 aliphatic carbocycles. The second kappa shape index (κ2) is 9.83. The molecule has 5 aromatic rings. The molecule has 0 radical (unpaired) electrons. The maximum Gasteiger partial charge on any atom is 0.166 e. The fourth-order valence-electron chi connectivity index (χ4n) is 3.67. The molecule has 0 bridgehead atoms. The number of methoxy groups -OCH3 is 2. The summed E-state index contributed by atoms with van der Waals surface area (Å²) < 4.78 is 46.4. The molecule has 5 rings (SSSR count). The van der Waals surface area contributed by atoms with Crippen molar-refractivity contribution in [1.29, 1.82) is 0 Å². The minimum atomic E-state index is -0.759. The number of benzene rings is 3. The smallest absolute Gasteiger partial charge is 0.166 e. The highest BCUT2D eigenvalue weighted by Crippen LogP contribution is 2.38.